The van der Waals surface area contributed by atoms with Gasteiger partial charge in [0.2, 0.25) is 0 Å². The molecule has 0 aromatic carbocycles. The second kappa shape index (κ2) is 27.0. The van der Waals surface area contributed by atoms with Gasteiger partial charge in [-0.15, -0.1) is 0 Å². The summed E-state index contributed by atoms with van der Waals surface area (Å²) in [5, 5.41) is 0. The van der Waals surface area contributed by atoms with Crippen LogP contribution in [0.1, 0.15) is 155 Å². The van der Waals surface area contributed by atoms with E-state index in [4.69, 9.17) is 0 Å². The first-order chi connectivity index (χ1) is 11.9. The third-order valence-electron chi connectivity index (χ3n) is 5.46. The van der Waals surface area contributed by atoms with Crippen molar-refractivity contribution < 1.29 is 0 Å². The van der Waals surface area contributed by atoms with E-state index in [2.05, 4.69) is 13.8 Å². The van der Waals surface area contributed by atoms with Gasteiger partial charge in [-0.25, -0.2) is 0 Å². The third-order valence-corrected chi connectivity index (χ3v) is 5.46. The lowest BCUT2D eigenvalue weighted by Gasteiger charge is -2.04. The molecule has 0 radical (unpaired) electrons. The van der Waals surface area contributed by atoms with Crippen LogP contribution in [0.25, 0.3) is 0 Å². The van der Waals surface area contributed by atoms with E-state index in [1.165, 1.54) is 141 Å². The first kappa shape index (κ1) is 28.0. The second-order valence-electron chi connectivity index (χ2n) is 8.07. The Morgan fingerprint density at radius 3 is 0.480 bits per heavy atom. The zero-order valence-electron chi connectivity index (χ0n) is 17.6. The third kappa shape index (κ3) is 27.1. The molecule has 0 saturated carbocycles. The van der Waals surface area contributed by atoms with Crippen LogP contribution in [0.2, 0.25) is 0 Å². The van der Waals surface area contributed by atoms with Crippen molar-refractivity contribution in [1.29, 1.82) is 0 Å². The van der Waals surface area contributed by atoms with Crippen molar-refractivity contribution in [2.75, 3.05) is 0 Å². The van der Waals surface area contributed by atoms with Crippen molar-refractivity contribution in [3.63, 3.8) is 0 Å². The molecule has 0 aromatic heterocycles. The quantitative estimate of drug-likeness (QED) is 0.141. The second-order valence-corrected chi connectivity index (χ2v) is 8.07. The molecule has 0 N–H and O–H groups in total. The largest absolute Gasteiger partial charge is 0.316 e. The minimum Gasteiger partial charge on any atom is -0.0654 e. The Morgan fingerprint density at radius 1 is 0.240 bits per heavy atom. The summed E-state index contributed by atoms with van der Waals surface area (Å²) in [6.07, 6.45) is 32.4. The van der Waals surface area contributed by atoms with E-state index in [1.54, 1.807) is 0 Å². The maximum Gasteiger partial charge on any atom is 0.316 e. The number of hydrogen-bond donors (Lipinski definition) is 0. The van der Waals surface area contributed by atoms with E-state index in [0.717, 1.165) is 0 Å². The first-order valence-corrected chi connectivity index (χ1v) is 11.9. The molecule has 0 spiro atoms. The fourth-order valence-corrected chi connectivity index (χ4v) is 3.68. The molecular formula is C24H52Mg. The summed E-state index contributed by atoms with van der Waals surface area (Å²) in [6.45, 7) is 4.60. The molecule has 0 atom stereocenters. The average Bonchev–Trinajstić information content (AvgIpc) is 2.60. The van der Waals surface area contributed by atoms with Crippen molar-refractivity contribution in [2.24, 2.45) is 0 Å². The summed E-state index contributed by atoms with van der Waals surface area (Å²) in [5.41, 5.74) is 0. The summed E-state index contributed by atoms with van der Waals surface area (Å²) in [7, 11) is 0. The Labute approximate surface area is 177 Å². The highest BCUT2D eigenvalue weighted by molar-refractivity contribution is 5.75. The Hall–Kier alpha value is 0.766. The number of unbranched alkanes of at least 4 members (excludes halogenated alkanes) is 21. The molecule has 150 valence electrons. The van der Waals surface area contributed by atoms with Crippen LogP contribution in [-0.4, -0.2) is 23.1 Å². The molecule has 25 heavy (non-hydrogen) atoms. The Kier molecular flexibility index (Phi) is 30.2. The molecule has 0 unspecified atom stereocenters. The van der Waals surface area contributed by atoms with Crippen LogP contribution in [0.3, 0.4) is 0 Å². The van der Waals surface area contributed by atoms with Crippen LogP contribution in [0, 0.1) is 0 Å². The fraction of sp³-hybridized carbons (Fsp3) is 1.00. The Morgan fingerprint density at radius 2 is 0.360 bits per heavy atom. The molecule has 0 aliphatic heterocycles. The summed E-state index contributed by atoms with van der Waals surface area (Å²) in [6, 6.07) is 0. The number of rotatable bonds is 21. The van der Waals surface area contributed by atoms with Gasteiger partial charge in [-0.05, 0) is 0 Å². The minimum atomic E-state index is 0. The van der Waals surface area contributed by atoms with Crippen LogP contribution in [0.15, 0.2) is 0 Å². The molecule has 0 saturated heterocycles. The summed E-state index contributed by atoms with van der Waals surface area (Å²) in [4.78, 5) is 0. The lowest BCUT2D eigenvalue weighted by molar-refractivity contribution is 0.520. The number of hydrogen-bond acceptors (Lipinski definition) is 0. The topological polar surface area (TPSA) is 0 Å². The average molecular weight is 365 g/mol. The van der Waals surface area contributed by atoms with E-state index >= 15 is 0 Å². The van der Waals surface area contributed by atoms with Gasteiger partial charge in [-0.1, -0.05) is 155 Å². The van der Waals surface area contributed by atoms with E-state index in [0.29, 0.717) is 0 Å². The highest BCUT2D eigenvalue weighted by atomic mass is 24.3. The standard InChI is InChI=1S/C24H50.Mg.2H/c1-3-5-7-9-11-13-15-17-19-21-23-24-22-20-18-16-14-12-10-8-6-4-2;;;/h3-24H2,1-2H3;;;. The molecule has 0 bridgehead atoms. The summed E-state index contributed by atoms with van der Waals surface area (Å²) in [5.74, 6) is 0. The zero-order valence-corrected chi connectivity index (χ0v) is 17.6. The lowest BCUT2D eigenvalue weighted by atomic mass is 10.0. The Bertz CT molecular complexity index is 180. The van der Waals surface area contributed by atoms with Crippen molar-refractivity contribution in [1.82, 2.24) is 0 Å². The maximum atomic E-state index is 2.30. The fourth-order valence-electron chi connectivity index (χ4n) is 3.68. The molecule has 1 heteroatoms. The van der Waals surface area contributed by atoms with Gasteiger partial charge in [0, 0.05) is 0 Å². The molecule has 0 amide bonds. The monoisotopic (exact) mass is 364 g/mol. The van der Waals surface area contributed by atoms with Crippen molar-refractivity contribution in [2.45, 2.75) is 155 Å². The molecule has 0 heterocycles. The molecule has 0 rings (SSSR count). The normalized spacial score (nSPS) is 10.8. The summed E-state index contributed by atoms with van der Waals surface area (Å²) >= 11 is 0. The van der Waals surface area contributed by atoms with Crippen molar-refractivity contribution in [3.8, 4) is 0 Å². The van der Waals surface area contributed by atoms with Gasteiger partial charge in [-0.2, -0.15) is 0 Å². The van der Waals surface area contributed by atoms with Gasteiger partial charge in [0.15, 0.2) is 0 Å². The molecular weight excluding hydrogens is 313 g/mol. The molecule has 0 aliphatic rings. The highest BCUT2D eigenvalue weighted by Crippen LogP contribution is 2.15. The van der Waals surface area contributed by atoms with Gasteiger partial charge in [-0.3, -0.25) is 0 Å². The SMILES string of the molecule is CCCCCCCCCCCCCCCCCCCCCCCC.[MgH2]. The predicted octanol–water partition coefficient (Wildman–Crippen LogP) is 8.69. The minimum absolute atomic E-state index is 0. The van der Waals surface area contributed by atoms with E-state index in [1.807, 2.05) is 0 Å². The molecule has 0 aromatic rings. The first-order valence-electron chi connectivity index (χ1n) is 11.9. The van der Waals surface area contributed by atoms with Crippen LogP contribution in [-0.2, 0) is 0 Å². The zero-order chi connectivity index (χ0) is 17.6. The molecule has 0 aliphatic carbocycles. The van der Waals surface area contributed by atoms with Gasteiger partial charge < -0.3 is 0 Å². The van der Waals surface area contributed by atoms with Crippen molar-refractivity contribution in [3.05, 3.63) is 0 Å². The highest BCUT2D eigenvalue weighted by Gasteiger charge is 1.95. The van der Waals surface area contributed by atoms with Crippen LogP contribution in [0.5, 0.6) is 0 Å². The van der Waals surface area contributed by atoms with Gasteiger partial charge in [0.1, 0.15) is 0 Å². The van der Waals surface area contributed by atoms with Gasteiger partial charge >= 0.3 is 23.1 Å². The van der Waals surface area contributed by atoms with E-state index < -0.39 is 0 Å². The predicted molar refractivity (Wildman–Crippen MR) is 121 cm³/mol. The molecule has 0 fully saturated rings. The van der Waals surface area contributed by atoms with Crippen LogP contribution >= 0.6 is 0 Å². The maximum absolute atomic E-state index is 2.30. The molecule has 0 nitrogen and oxygen atoms in total. The Balaban J connectivity index is 0. The smallest absolute Gasteiger partial charge is 0.0654 e. The van der Waals surface area contributed by atoms with E-state index in [9.17, 15) is 0 Å². The summed E-state index contributed by atoms with van der Waals surface area (Å²) < 4.78 is 0. The van der Waals surface area contributed by atoms with Crippen LogP contribution in [0.4, 0.5) is 0 Å². The van der Waals surface area contributed by atoms with Gasteiger partial charge in [0.25, 0.3) is 0 Å². The van der Waals surface area contributed by atoms with Crippen molar-refractivity contribution >= 4 is 23.1 Å². The van der Waals surface area contributed by atoms with E-state index in [-0.39, 0.29) is 23.1 Å². The van der Waals surface area contributed by atoms with Gasteiger partial charge in [0.05, 0.1) is 0 Å². The van der Waals surface area contributed by atoms with Crippen LogP contribution < -0.4 is 0 Å². The lowest BCUT2D eigenvalue weighted by Crippen LogP contribution is -1.84.